The Morgan fingerprint density at radius 2 is 2.47 bits per heavy atom. The number of carbonyl (C=O) groups is 1. The van der Waals surface area contributed by atoms with Crippen molar-refractivity contribution in [2.24, 2.45) is 5.92 Å². The van der Waals surface area contributed by atoms with Crippen LogP contribution in [0.4, 0.5) is 4.39 Å². The van der Waals surface area contributed by atoms with E-state index in [9.17, 15) is 14.0 Å². The van der Waals surface area contributed by atoms with Gasteiger partial charge in [-0.25, -0.2) is 9.18 Å². The molecule has 0 amide bonds. The third kappa shape index (κ3) is 1.97. The number of carbonyl (C=O) groups excluding carboxylic acids is 2. The van der Waals surface area contributed by atoms with Crippen LogP contribution in [-0.4, -0.2) is 23.5 Å². The number of halogens is 1. The van der Waals surface area contributed by atoms with E-state index in [1.54, 1.807) is 12.9 Å². The second-order valence-corrected chi connectivity index (χ2v) is 3.69. The maximum Gasteiger partial charge on any atom is 0.314 e. The summed E-state index contributed by atoms with van der Waals surface area (Å²) in [5.74, 6) is 0.0150. The van der Waals surface area contributed by atoms with E-state index in [1.165, 1.54) is 6.07 Å². The van der Waals surface area contributed by atoms with Crippen molar-refractivity contribution in [2.45, 2.75) is 13.3 Å². The van der Waals surface area contributed by atoms with Crippen LogP contribution in [0.3, 0.4) is 0 Å². The molecule has 1 aliphatic rings. The lowest BCUT2D eigenvalue weighted by atomic mass is 10.0. The van der Waals surface area contributed by atoms with Crippen molar-refractivity contribution in [1.82, 2.24) is 4.98 Å². The van der Waals surface area contributed by atoms with Crippen LogP contribution in [0.5, 0.6) is 0 Å². The number of ether oxygens (including phenoxy) is 1. The Kier molecular flexibility index (Phi) is 3.02. The maximum absolute atomic E-state index is 13.0. The second kappa shape index (κ2) is 4.47. The van der Waals surface area contributed by atoms with Crippen molar-refractivity contribution in [3.63, 3.8) is 0 Å². The van der Waals surface area contributed by atoms with Gasteiger partial charge in [-0.3, -0.25) is 9.78 Å². The molecule has 0 saturated heterocycles. The summed E-state index contributed by atoms with van der Waals surface area (Å²) in [6.07, 6.45) is 1.26. The fourth-order valence-corrected chi connectivity index (χ4v) is 1.93. The van der Waals surface area contributed by atoms with Gasteiger partial charge in [0.05, 0.1) is 30.0 Å². The lowest BCUT2D eigenvalue weighted by molar-refractivity contribution is -0.145. The quantitative estimate of drug-likeness (QED) is 0.570. The monoisotopic (exact) mass is 235 g/mol. The Morgan fingerprint density at radius 3 is 3.12 bits per heavy atom. The molecule has 0 bridgehead atoms. The van der Waals surface area contributed by atoms with Crippen LogP contribution in [-0.2, 0) is 20.7 Å². The van der Waals surface area contributed by atoms with Gasteiger partial charge in [0.1, 0.15) is 11.8 Å². The Morgan fingerprint density at radius 1 is 1.71 bits per heavy atom. The molecule has 0 aliphatic heterocycles. The van der Waals surface area contributed by atoms with Gasteiger partial charge in [0.15, 0.2) is 0 Å². The predicted molar refractivity (Wildman–Crippen MR) is 57.1 cm³/mol. The zero-order valence-electron chi connectivity index (χ0n) is 9.20. The number of rotatable bonds is 2. The van der Waals surface area contributed by atoms with E-state index in [0.717, 1.165) is 6.20 Å². The summed E-state index contributed by atoms with van der Waals surface area (Å²) in [7, 11) is 0. The normalized spacial score (nSPS) is 17.5. The minimum atomic E-state index is -0.711. The van der Waals surface area contributed by atoms with Gasteiger partial charge < -0.3 is 4.74 Å². The molecular formula is C12H10FNO3. The average molecular weight is 235 g/mol. The zero-order chi connectivity index (χ0) is 12.4. The minimum Gasteiger partial charge on any atom is -0.465 e. The number of esters is 1. The summed E-state index contributed by atoms with van der Waals surface area (Å²) in [6.45, 7) is 1.92. The van der Waals surface area contributed by atoms with Gasteiger partial charge in [0.2, 0.25) is 0 Å². The van der Waals surface area contributed by atoms with E-state index in [4.69, 9.17) is 4.74 Å². The molecule has 0 N–H and O–H groups in total. The lowest BCUT2D eigenvalue weighted by Crippen LogP contribution is -2.17. The van der Waals surface area contributed by atoms with Crippen LogP contribution in [0.2, 0.25) is 0 Å². The smallest absolute Gasteiger partial charge is 0.314 e. The third-order valence-electron chi connectivity index (χ3n) is 2.64. The maximum atomic E-state index is 13.0. The first-order valence-corrected chi connectivity index (χ1v) is 5.23. The van der Waals surface area contributed by atoms with Gasteiger partial charge in [-0.05, 0) is 25.0 Å². The van der Waals surface area contributed by atoms with Gasteiger partial charge in [-0.15, -0.1) is 0 Å². The molecule has 0 spiro atoms. The van der Waals surface area contributed by atoms with E-state index in [0.29, 0.717) is 11.3 Å². The van der Waals surface area contributed by atoms with Crippen molar-refractivity contribution in [3.05, 3.63) is 29.3 Å². The lowest BCUT2D eigenvalue weighted by Gasteiger charge is -2.07. The molecule has 0 saturated carbocycles. The molecule has 2 rings (SSSR count). The van der Waals surface area contributed by atoms with Crippen molar-refractivity contribution in [3.8, 4) is 0 Å². The molecule has 5 heteroatoms. The van der Waals surface area contributed by atoms with E-state index >= 15 is 0 Å². The van der Waals surface area contributed by atoms with Crippen molar-refractivity contribution < 1.29 is 18.7 Å². The van der Waals surface area contributed by atoms with E-state index in [2.05, 4.69) is 4.98 Å². The summed E-state index contributed by atoms with van der Waals surface area (Å²) in [6, 6.07) is 1.28. The summed E-state index contributed by atoms with van der Waals surface area (Å²) < 4.78 is 17.8. The SMILES string of the molecule is CCOC(=O)C1Cc2cc(F)cnc2C1=C=O. The molecule has 1 aromatic heterocycles. The first-order chi connectivity index (χ1) is 8.17. The third-order valence-corrected chi connectivity index (χ3v) is 2.64. The molecule has 0 radical (unpaired) electrons. The molecule has 4 nitrogen and oxygen atoms in total. The molecule has 1 aromatic rings. The first-order valence-electron chi connectivity index (χ1n) is 5.23. The molecular weight excluding hydrogens is 225 g/mol. The van der Waals surface area contributed by atoms with Crippen LogP contribution in [0.15, 0.2) is 12.3 Å². The van der Waals surface area contributed by atoms with E-state index in [-0.39, 0.29) is 18.6 Å². The van der Waals surface area contributed by atoms with Gasteiger partial charge in [0, 0.05) is 0 Å². The number of hydrogen-bond donors (Lipinski definition) is 0. The Balaban J connectivity index is 2.38. The van der Waals surface area contributed by atoms with Crippen molar-refractivity contribution in [2.75, 3.05) is 6.61 Å². The molecule has 17 heavy (non-hydrogen) atoms. The number of pyridine rings is 1. The van der Waals surface area contributed by atoms with E-state index < -0.39 is 17.7 Å². The Bertz CT molecular complexity index is 520. The standard InChI is InChI=1S/C12H10FNO3/c1-2-17-12(16)9-4-7-3-8(13)5-14-11(7)10(9)6-15/h3,5,9H,2,4H2,1H3. The number of fused-ring (bicyclic) bond motifs is 1. The summed E-state index contributed by atoms with van der Waals surface area (Å²) in [4.78, 5) is 26.3. The van der Waals surface area contributed by atoms with Gasteiger partial charge in [-0.1, -0.05) is 0 Å². The van der Waals surface area contributed by atoms with Crippen molar-refractivity contribution in [1.29, 1.82) is 0 Å². The van der Waals surface area contributed by atoms with Crippen molar-refractivity contribution >= 4 is 17.5 Å². The van der Waals surface area contributed by atoms with Crippen LogP contribution in [0.1, 0.15) is 18.2 Å². The van der Waals surface area contributed by atoms with Crippen LogP contribution in [0, 0.1) is 11.7 Å². The highest BCUT2D eigenvalue weighted by Gasteiger charge is 2.35. The predicted octanol–water partition coefficient (Wildman–Crippen LogP) is 1.17. The molecule has 1 heterocycles. The zero-order valence-corrected chi connectivity index (χ0v) is 9.20. The number of nitrogens with zero attached hydrogens (tertiary/aromatic N) is 1. The summed E-state index contributed by atoms with van der Waals surface area (Å²) in [5, 5.41) is 0. The number of aromatic nitrogens is 1. The molecule has 0 aromatic carbocycles. The topological polar surface area (TPSA) is 56.3 Å². The molecule has 1 aliphatic carbocycles. The molecule has 1 atom stereocenters. The number of hydrogen-bond acceptors (Lipinski definition) is 4. The summed E-state index contributed by atoms with van der Waals surface area (Å²) >= 11 is 0. The van der Waals surface area contributed by atoms with Crippen LogP contribution in [0.25, 0.3) is 5.57 Å². The second-order valence-electron chi connectivity index (χ2n) is 3.69. The highest BCUT2D eigenvalue weighted by molar-refractivity contribution is 6.01. The Labute approximate surface area is 97.1 Å². The Hall–Kier alpha value is -2.00. The molecule has 1 unspecified atom stereocenters. The minimum absolute atomic E-state index is 0.151. The van der Waals surface area contributed by atoms with Gasteiger partial charge >= 0.3 is 5.97 Å². The fraction of sp³-hybridized carbons (Fsp3) is 0.333. The van der Waals surface area contributed by atoms with Gasteiger partial charge in [-0.2, -0.15) is 0 Å². The van der Waals surface area contributed by atoms with E-state index in [1.807, 2.05) is 0 Å². The summed E-state index contributed by atoms with van der Waals surface area (Å²) in [5.41, 5.74) is 1.04. The van der Waals surface area contributed by atoms with Crippen LogP contribution >= 0.6 is 0 Å². The highest BCUT2D eigenvalue weighted by atomic mass is 19.1. The van der Waals surface area contributed by atoms with Gasteiger partial charge in [0.25, 0.3) is 0 Å². The van der Waals surface area contributed by atoms with Crippen LogP contribution < -0.4 is 0 Å². The molecule has 0 fully saturated rings. The fourth-order valence-electron chi connectivity index (χ4n) is 1.93. The highest BCUT2D eigenvalue weighted by Crippen LogP contribution is 2.34. The first kappa shape index (κ1) is 11.5. The average Bonchev–Trinajstić information content (AvgIpc) is 2.66. The largest absolute Gasteiger partial charge is 0.465 e. The molecule has 88 valence electrons.